The van der Waals surface area contributed by atoms with Gasteiger partial charge in [-0.25, -0.2) is 9.18 Å². The smallest absolute Gasteiger partial charge is 0.344 e. The molecule has 1 heterocycles. The van der Waals surface area contributed by atoms with Gasteiger partial charge in [0.2, 0.25) is 6.79 Å². The van der Waals surface area contributed by atoms with Crippen LogP contribution >= 0.6 is 0 Å². The molecule has 0 saturated heterocycles. The lowest BCUT2D eigenvalue weighted by Gasteiger charge is -2.15. The second-order valence-electron chi connectivity index (χ2n) is 2.33. The van der Waals surface area contributed by atoms with Crippen LogP contribution in [0.5, 0.6) is 5.75 Å². The molecular formula is C8H5FO3. The fraction of sp³-hybridized carbons (Fsp3) is 0.125. The molecule has 62 valence electrons. The summed E-state index contributed by atoms with van der Waals surface area (Å²) in [6.45, 7) is -0.144. The van der Waals surface area contributed by atoms with E-state index in [1.165, 1.54) is 12.1 Å². The number of hydrogen-bond acceptors (Lipinski definition) is 3. The summed E-state index contributed by atoms with van der Waals surface area (Å²) in [4.78, 5) is 11.0. The lowest BCUT2D eigenvalue weighted by atomic mass is 10.2. The number of esters is 1. The third-order valence-electron chi connectivity index (χ3n) is 1.57. The molecule has 0 aliphatic carbocycles. The number of carbonyl (C=O) groups is 1. The van der Waals surface area contributed by atoms with Gasteiger partial charge in [0.1, 0.15) is 17.1 Å². The van der Waals surface area contributed by atoms with E-state index in [4.69, 9.17) is 4.74 Å². The van der Waals surface area contributed by atoms with Crippen molar-refractivity contribution >= 4 is 5.97 Å². The molecule has 1 aromatic rings. The number of halogens is 1. The Balaban J connectivity index is 2.53. The summed E-state index contributed by atoms with van der Waals surface area (Å²) in [7, 11) is 0. The van der Waals surface area contributed by atoms with Crippen molar-refractivity contribution in [2.24, 2.45) is 0 Å². The topological polar surface area (TPSA) is 35.5 Å². The van der Waals surface area contributed by atoms with E-state index in [1.54, 1.807) is 0 Å². The molecule has 0 unspecified atom stereocenters. The first-order valence-electron chi connectivity index (χ1n) is 3.37. The quantitative estimate of drug-likeness (QED) is 0.548. The highest BCUT2D eigenvalue weighted by molar-refractivity contribution is 5.93. The Kier molecular flexibility index (Phi) is 1.46. The van der Waals surface area contributed by atoms with Crippen LogP contribution in [-0.2, 0) is 4.74 Å². The van der Waals surface area contributed by atoms with Gasteiger partial charge in [0.15, 0.2) is 0 Å². The molecule has 0 amide bonds. The molecule has 0 saturated carbocycles. The Labute approximate surface area is 67.7 Å². The molecule has 0 spiro atoms. The van der Waals surface area contributed by atoms with Gasteiger partial charge in [0, 0.05) is 6.07 Å². The Hall–Kier alpha value is -1.58. The molecule has 1 aliphatic heterocycles. The zero-order valence-corrected chi connectivity index (χ0v) is 6.04. The standard InChI is InChI=1S/C8H5FO3/c9-5-1-2-6-7(3-5)11-4-12-8(6)10/h1-3H,4H2. The first-order valence-corrected chi connectivity index (χ1v) is 3.37. The van der Waals surface area contributed by atoms with Crippen LogP contribution in [0.3, 0.4) is 0 Å². The third-order valence-corrected chi connectivity index (χ3v) is 1.57. The van der Waals surface area contributed by atoms with Gasteiger partial charge in [-0.2, -0.15) is 0 Å². The second kappa shape index (κ2) is 2.48. The molecule has 0 radical (unpaired) electrons. The summed E-state index contributed by atoms with van der Waals surface area (Å²) in [5, 5.41) is 0. The lowest BCUT2D eigenvalue weighted by Crippen LogP contribution is -2.18. The third kappa shape index (κ3) is 1.01. The van der Waals surface area contributed by atoms with Gasteiger partial charge < -0.3 is 9.47 Å². The molecular weight excluding hydrogens is 163 g/mol. The highest BCUT2D eigenvalue weighted by atomic mass is 19.1. The van der Waals surface area contributed by atoms with Gasteiger partial charge in [-0.15, -0.1) is 0 Å². The van der Waals surface area contributed by atoms with Crippen LogP contribution in [0.25, 0.3) is 0 Å². The van der Waals surface area contributed by atoms with Gasteiger partial charge in [-0.3, -0.25) is 0 Å². The number of rotatable bonds is 0. The SMILES string of the molecule is O=C1OCOc2cc(F)ccc21. The molecule has 0 N–H and O–H groups in total. The van der Waals surface area contributed by atoms with Crippen molar-refractivity contribution in [2.75, 3.05) is 6.79 Å². The normalized spacial score (nSPS) is 14.6. The van der Waals surface area contributed by atoms with E-state index < -0.39 is 11.8 Å². The van der Waals surface area contributed by atoms with Crippen molar-refractivity contribution in [3.05, 3.63) is 29.6 Å². The van der Waals surface area contributed by atoms with Gasteiger partial charge in [0.25, 0.3) is 0 Å². The summed E-state index contributed by atoms with van der Waals surface area (Å²) in [5.74, 6) is -0.661. The van der Waals surface area contributed by atoms with E-state index in [1.807, 2.05) is 0 Å². The van der Waals surface area contributed by atoms with Crippen LogP contribution in [0, 0.1) is 5.82 Å². The van der Waals surface area contributed by atoms with E-state index in [2.05, 4.69) is 4.74 Å². The van der Waals surface area contributed by atoms with Crippen LogP contribution in [-0.4, -0.2) is 12.8 Å². The fourth-order valence-electron chi connectivity index (χ4n) is 1.01. The predicted octanol–water partition coefficient (Wildman–Crippen LogP) is 1.33. The molecule has 1 aromatic carbocycles. The van der Waals surface area contributed by atoms with Crippen molar-refractivity contribution in [3.8, 4) is 5.75 Å². The van der Waals surface area contributed by atoms with Crippen LogP contribution < -0.4 is 4.74 Å². The lowest BCUT2D eigenvalue weighted by molar-refractivity contribution is 0.00479. The van der Waals surface area contributed by atoms with Crippen LogP contribution in [0.1, 0.15) is 10.4 Å². The maximum absolute atomic E-state index is 12.6. The van der Waals surface area contributed by atoms with Crippen LogP contribution in [0.2, 0.25) is 0 Å². The molecule has 0 fully saturated rings. The summed E-state index contributed by atoms with van der Waals surface area (Å²) in [5.41, 5.74) is 0.266. The maximum atomic E-state index is 12.6. The van der Waals surface area contributed by atoms with Crippen LogP contribution in [0.4, 0.5) is 4.39 Å². The van der Waals surface area contributed by atoms with E-state index >= 15 is 0 Å². The molecule has 0 aromatic heterocycles. The van der Waals surface area contributed by atoms with Crippen molar-refractivity contribution in [2.45, 2.75) is 0 Å². The van der Waals surface area contributed by atoms with E-state index in [9.17, 15) is 9.18 Å². The van der Waals surface area contributed by atoms with Gasteiger partial charge in [-0.05, 0) is 12.1 Å². The highest BCUT2D eigenvalue weighted by Gasteiger charge is 2.19. The number of benzene rings is 1. The average Bonchev–Trinajstić information content (AvgIpc) is 2.04. The molecule has 0 atom stereocenters. The molecule has 1 aliphatic rings. The number of cyclic esters (lactones) is 1. The maximum Gasteiger partial charge on any atom is 0.344 e. The van der Waals surface area contributed by atoms with Gasteiger partial charge in [-0.1, -0.05) is 0 Å². The number of hydrogen-bond donors (Lipinski definition) is 0. The van der Waals surface area contributed by atoms with E-state index in [0.717, 1.165) is 6.07 Å². The minimum atomic E-state index is -0.476. The van der Waals surface area contributed by atoms with E-state index in [0.29, 0.717) is 0 Å². The average molecular weight is 168 g/mol. The molecule has 2 rings (SSSR count). The predicted molar refractivity (Wildman–Crippen MR) is 37.3 cm³/mol. The first-order chi connectivity index (χ1) is 5.77. The largest absolute Gasteiger partial charge is 0.456 e. The van der Waals surface area contributed by atoms with E-state index in [-0.39, 0.29) is 18.1 Å². The summed E-state index contributed by atoms with van der Waals surface area (Å²) < 4.78 is 22.0. The fourth-order valence-corrected chi connectivity index (χ4v) is 1.01. The number of fused-ring (bicyclic) bond motifs is 1. The number of carbonyl (C=O) groups excluding carboxylic acids is 1. The summed E-state index contributed by atoms with van der Waals surface area (Å²) in [6, 6.07) is 3.69. The second-order valence-corrected chi connectivity index (χ2v) is 2.33. The van der Waals surface area contributed by atoms with Crippen LogP contribution in [0.15, 0.2) is 18.2 Å². The summed E-state index contributed by atoms with van der Waals surface area (Å²) in [6.07, 6.45) is 0. The highest BCUT2D eigenvalue weighted by Crippen LogP contribution is 2.23. The van der Waals surface area contributed by atoms with Gasteiger partial charge in [0.05, 0.1) is 0 Å². The molecule has 3 nitrogen and oxygen atoms in total. The minimum absolute atomic E-state index is 0.144. The Morgan fingerprint density at radius 1 is 1.33 bits per heavy atom. The summed E-state index contributed by atoms with van der Waals surface area (Å²) >= 11 is 0. The van der Waals surface area contributed by atoms with Crippen molar-refractivity contribution in [1.82, 2.24) is 0 Å². The zero-order chi connectivity index (χ0) is 8.55. The molecule has 0 bridgehead atoms. The van der Waals surface area contributed by atoms with Crippen molar-refractivity contribution in [3.63, 3.8) is 0 Å². The molecule has 12 heavy (non-hydrogen) atoms. The first kappa shape index (κ1) is 7.09. The van der Waals surface area contributed by atoms with Crippen molar-refractivity contribution in [1.29, 1.82) is 0 Å². The number of ether oxygens (including phenoxy) is 2. The Bertz CT molecular complexity index is 335. The Morgan fingerprint density at radius 2 is 2.17 bits per heavy atom. The van der Waals surface area contributed by atoms with Gasteiger partial charge >= 0.3 is 5.97 Å². The zero-order valence-electron chi connectivity index (χ0n) is 6.04. The molecule has 4 heteroatoms. The minimum Gasteiger partial charge on any atom is -0.456 e. The van der Waals surface area contributed by atoms with Crippen molar-refractivity contribution < 1.29 is 18.7 Å². The monoisotopic (exact) mass is 168 g/mol. The Morgan fingerprint density at radius 3 is 3.00 bits per heavy atom.